The van der Waals surface area contributed by atoms with E-state index in [4.69, 9.17) is 0 Å². The first-order valence-electron chi connectivity index (χ1n) is 6.71. The molecule has 21 heavy (non-hydrogen) atoms. The zero-order valence-corrected chi connectivity index (χ0v) is 12.0. The maximum absolute atomic E-state index is 11.3. The van der Waals surface area contributed by atoms with Gasteiger partial charge < -0.3 is 4.90 Å². The first kappa shape index (κ1) is 13.3. The van der Waals surface area contributed by atoms with Crippen molar-refractivity contribution < 1.29 is 4.79 Å². The van der Waals surface area contributed by atoms with E-state index < -0.39 is 0 Å². The van der Waals surface area contributed by atoms with E-state index in [1.807, 2.05) is 61.7 Å². The number of pyridine rings is 1. The van der Waals surface area contributed by atoms with Crippen molar-refractivity contribution in [2.24, 2.45) is 7.05 Å². The van der Waals surface area contributed by atoms with Gasteiger partial charge in [-0.2, -0.15) is 5.10 Å². The molecule has 0 radical (unpaired) electrons. The highest BCUT2D eigenvalue weighted by Crippen LogP contribution is 2.22. The van der Waals surface area contributed by atoms with Crippen LogP contribution in [0.4, 0.5) is 5.82 Å². The Morgan fingerprint density at radius 3 is 2.86 bits per heavy atom. The Hall–Kier alpha value is -2.69. The lowest BCUT2D eigenvalue weighted by Crippen LogP contribution is -2.19. The van der Waals surface area contributed by atoms with Crippen molar-refractivity contribution in [3.8, 4) is 0 Å². The molecule has 0 saturated heterocycles. The molecule has 0 fully saturated rings. The average molecular weight is 280 g/mol. The Bertz CT molecular complexity index is 794. The fourth-order valence-corrected chi connectivity index (χ4v) is 2.42. The number of anilines is 1. The van der Waals surface area contributed by atoms with Crippen LogP contribution in [0.25, 0.3) is 10.9 Å². The molecule has 0 unspecified atom stereocenters. The minimum Gasteiger partial charge on any atom is -0.355 e. The molecule has 5 heteroatoms. The summed E-state index contributed by atoms with van der Waals surface area (Å²) in [5.41, 5.74) is 2.56. The number of benzene rings is 1. The van der Waals surface area contributed by atoms with Gasteiger partial charge in [-0.3, -0.25) is 9.48 Å². The van der Waals surface area contributed by atoms with Crippen LogP contribution in [-0.4, -0.2) is 28.1 Å². The van der Waals surface area contributed by atoms with Crippen LogP contribution in [0.5, 0.6) is 0 Å². The van der Waals surface area contributed by atoms with Crippen molar-refractivity contribution in [2.45, 2.75) is 6.54 Å². The van der Waals surface area contributed by atoms with Crippen molar-refractivity contribution >= 4 is 23.0 Å². The second kappa shape index (κ2) is 5.36. The highest BCUT2D eigenvalue weighted by atomic mass is 16.1. The van der Waals surface area contributed by atoms with E-state index in [0.717, 1.165) is 22.8 Å². The first-order valence-corrected chi connectivity index (χ1v) is 6.71. The summed E-state index contributed by atoms with van der Waals surface area (Å²) >= 11 is 0. The number of rotatable bonds is 4. The molecule has 2 aromatic heterocycles. The Kier molecular flexibility index (Phi) is 3.39. The molecule has 106 valence electrons. The third-order valence-electron chi connectivity index (χ3n) is 3.40. The molecule has 0 bridgehead atoms. The minimum atomic E-state index is 0.597. The molecule has 0 aliphatic heterocycles. The smallest absolute Gasteiger partial charge is 0.153 e. The van der Waals surface area contributed by atoms with Crippen molar-refractivity contribution in [1.82, 2.24) is 14.8 Å². The van der Waals surface area contributed by atoms with E-state index in [2.05, 4.69) is 10.1 Å². The van der Waals surface area contributed by atoms with Gasteiger partial charge in [0.05, 0.1) is 17.3 Å². The van der Waals surface area contributed by atoms with Crippen LogP contribution in [0.3, 0.4) is 0 Å². The van der Waals surface area contributed by atoms with Crippen molar-refractivity contribution in [1.29, 1.82) is 0 Å². The first-order chi connectivity index (χ1) is 10.2. The predicted molar refractivity (Wildman–Crippen MR) is 82.4 cm³/mol. The maximum Gasteiger partial charge on any atom is 0.153 e. The van der Waals surface area contributed by atoms with Crippen LogP contribution in [-0.2, 0) is 13.6 Å². The van der Waals surface area contributed by atoms with Crippen LogP contribution >= 0.6 is 0 Å². The van der Waals surface area contributed by atoms with E-state index in [0.29, 0.717) is 17.9 Å². The van der Waals surface area contributed by atoms with E-state index in [1.165, 1.54) is 0 Å². The van der Waals surface area contributed by atoms with Crippen molar-refractivity contribution in [2.75, 3.05) is 11.9 Å². The van der Waals surface area contributed by atoms with E-state index in [-0.39, 0.29) is 0 Å². The van der Waals surface area contributed by atoms with E-state index in [9.17, 15) is 4.79 Å². The minimum absolute atomic E-state index is 0.597. The summed E-state index contributed by atoms with van der Waals surface area (Å²) in [6.45, 7) is 0.653. The number of hydrogen-bond acceptors (Lipinski definition) is 4. The molecule has 0 atom stereocenters. The van der Waals surface area contributed by atoms with Crippen LogP contribution < -0.4 is 4.90 Å². The molecule has 5 nitrogen and oxygen atoms in total. The van der Waals surface area contributed by atoms with E-state index >= 15 is 0 Å². The number of carbonyl (C=O) groups excluding carboxylic acids is 1. The quantitative estimate of drug-likeness (QED) is 0.689. The second-order valence-corrected chi connectivity index (χ2v) is 5.09. The number of carbonyl (C=O) groups is 1. The predicted octanol–water partition coefficient (Wildman–Crippen LogP) is 2.42. The van der Waals surface area contributed by atoms with Gasteiger partial charge in [0, 0.05) is 37.8 Å². The van der Waals surface area contributed by atoms with Crippen LogP contribution in [0.2, 0.25) is 0 Å². The number of aldehydes is 1. The lowest BCUT2D eigenvalue weighted by Gasteiger charge is -2.19. The summed E-state index contributed by atoms with van der Waals surface area (Å²) in [5, 5.41) is 5.13. The summed E-state index contributed by atoms with van der Waals surface area (Å²) in [6, 6.07) is 9.68. The van der Waals surface area contributed by atoms with Crippen LogP contribution in [0.1, 0.15) is 15.9 Å². The second-order valence-electron chi connectivity index (χ2n) is 5.09. The summed E-state index contributed by atoms with van der Waals surface area (Å²) in [4.78, 5) is 17.9. The Morgan fingerprint density at radius 2 is 2.14 bits per heavy atom. The Labute approximate surface area is 122 Å². The molecule has 3 rings (SSSR count). The lowest BCUT2D eigenvalue weighted by molar-refractivity contribution is 0.112. The molecular formula is C16H16N4O. The molecule has 0 aliphatic carbocycles. The van der Waals surface area contributed by atoms with Gasteiger partial charge in [0.1, 0.15) is 5.82 Å². The highest BCUT2D eigenvalue weighted by molar-refractivity contribution is 5.91. The topological polar surface area (TPSA) is 51.0 Å². The molecule has 0 N–H and O–H groups in total. The zero-order valence-electron chi connectivity index (χ0n) is 12.0. The van der Waals surface area contributed by atoms with Crippen molar-refractivity contribution in [3.05, 3.63) is 53.9 Å². The fraction of sp³-hybridized carbons (Fsp3) is 0.188. The Morgan fingerprint density at radius 1 is 1.33 bits per heavy atom. The van der Waals surface area contributed by atoms with Gasteiger partial charge in [-0.05, 0) is 12.1 Å². The van der Waals surface area contributed by atoms with Crippen LogP contribution in [0, 0.1) is 0 Å². The Balaban J connectivity index is 1.99. The molecule has 1 aromatic carbocycles. The lowest BCUT2D eigenvalue weighted by atomic mass is 10.1. The standard InChI is InChI=1S/C16H16N4O/c1-19(9-12-8-17-20(2)10-12)16-14(11-21)7-13-5-3-4-6-15(13)18-16/h3-8,10-11H,9H2,1-2H3. The van der Waals surface area contributed by atoms with E-state index in [1.54, 1.807) is 4.68 Å². The molecule has 0 saturated carbocycles. The van der Waals surface area contributed by atoms with Gasteiger partial charge in [0.2, 0.25) is 0 Å². The van der Waals surface area contributed by atoms with Gasteiger partial charge in [-0.25, -0.2) is 4.98 Å². The van der Waals surface area contributed by atoms with Gasteiger partial charge in [0.15, 0.2) is 6.29 Å². The van der Waals surface area contributed by atoms with Gasteiger partial charge >= 0.3 is 0 Å². The fourth-order valence-electron chi connectivity index (χ4n) is 2.42. The average Bonchev–Trinajstić information content (AvgIpc) is 2.90. The maximum atomic E-state index is 11.3. The number of aromatic nitrogens is 3. The molecular weight excluding hydrogens is 264 g/mol. The molecule has 3 aromatic rings. The molecule has 0 amide bonds. The van der Waals surface area contributed by atoms with Gasteiger partial charge in [-0.15, -0.1) is 0 Å². The summed E-state index contributed by atoms with van der Waals surface area (Å²) in [7, 11) is 3.81. The van der Waals surface area contributed by atoms with Gasteiger partial charge in [0.25, 0.3) is 0 Å². The summed E-state index contributed by atoms with van der Waals surface area (Å²) < 4.78 is 1.76. The summed E-state index contributed by atoms with van der Waals surface area (Å²) in [5.74, 6) is 0.688. The largest absolute Gasteiger partial charge is 0.355 e. The monoisotopic (exact) mass is 280 g/mol. The number of aryl methyl sites for hydroxylation is 1. The normalized spacial score (nSPS) is 10.8. The highest BCUT2D eigenvalue weighted by Gasteiger charge is 2.12. The molecule has 0 spiro atoms. The van der Waals surface area contributed by atoms with Crippen LogP contribution in [0.15, 0.2) is 42.7 Å². The zero-order chi connectivity index (χ0) is 14.8. The summed E-state index contributed by atoms with van der Waals surface area (Å²) in [6.07, 6.45) is 4.63. The number of fused-ring (bicyclic) bond motifs is 1. The number of nitrogens with zero attached hydrogens (tertiary/aromatic N) is 4. The third-order valence-corrected chi connectivity index (χ3v) is 3.40. The van der Waals surface area contributed by atoms with Gasteiger partial charge in [-0.1, -0.05) is 18.2 Å². The van der Waals surface area contributed by atoms with Crippen molar-refractivity contribution in [3.63, 3.8) is 0 Å². The SMILES string of the molecule is CN(Cc1cnn(C)c1)c1nc2ccccc2cc1C=O. The molecule has 0 aliphatic rings. The molecule has 2 heterocycles. The number of hydrogen-bond donors (Lipinski definition) is 0. The third kappa shape index (κ3) is 2.63. The number of para-hydroxylation sites is 1.